The molecule has 1 unspecified atom stereocenters. The molecule has 0 aliphatic carbocycles. The Labute approximate surface area is 135 Å². The Morgan fingerprint density at radius 3 is 2.62 bits per heavy atom. The van der Waals surface area contributed by atoms with E-state index in [1.807, 2.05) is 0 Å². The smallest absolute Gasteiger partial charge is 0.408 e. The number of carbonyl (C=O) groups is 2. The SMILES string of the molecule is CC(C)(C)OC(=O)NC(CSCc1ccc(Br)o1)C(=O)O. The number of ether oxygens (including phenoxy) is 1. The molecule has 2 N–H and O–H groups in total. The van der Waals surface area contributed by atoms with E-state index in [9.17, 15) is 9.59 Å². The van der Waals surface area contributed by atoms with Gasteiger partial charge in [0.2, 0.25) is 0 Å². The van der Waals surface area contributed by atoms with E-state index in [4.69, 9.17) is 14.3 Å². The van der Waals surface area contributed by atoms with Crippen LogP contribution in [0.4, 0.5) is 4.79 Å². The third-order valence-electron chi connectivity index (χ3n) is 2.15. The first kappa shape index (κ1) is 17.9. The number of nitrogens with one attached hydrogen (secondary N) is 1. The molecule has 1 atom stereocenters. The van der Waals surface area contributed by atoms with Gasteiger partial charge in [0.1, 0.15) is 17.4 Å². The minimum atomic E-state index is -1.10. The molecule has 0 radical (unpaired) electrons. The van der Waals surface area contributed by atoms with Gasteiger partial charge in [-0.15, -0.1) is 0 Å². The summed E-state index contributed by atoms with van der Waals surface area (Å²) in [6.45, 7) is 5.14. The molecule has 0 aliphatic heterocycles. The van der Waals surface area contributed by atoms with Gasteiger partial charge in [0.25, 0.3) is 0 Å². The lowest BCUT2D eigenvalue weighted by atomic mass is 10.2. The maximum atomic E-state index is 11.6. The Morgan fingerprint density at radius 2 is 2.14 bits per heavy atom. The summed E-state index contributed by atoms with van der Waals surface area (Å²) in [6, 6.07) is 2.56. The average molecular weight is 380 g/mol. The number of hydrogen-bond donors (Lipinski definition) is 2. The first-order valence-corrected chi connectivity index (χ1v) is 8.16. The van der Waals surface area contributed by atoms with Crippen LogP contribution in [-0.2, 0) is 15.3 Å². The Balaban J connectivity index is 2.43. The lowest BCUT2D eigenvalue weighted by Gasteiger charge is -2.21. The van der Waals surface area contributed by atoms with Crippen LogP contribution in [0.5, 0.6) is 0 Å². The summed E-state index contributed by atoms with van der Waals surface area (Å²) in [5, 5.41) is 11.5. The van der Waals surface area contributed by atoms with Crippen LogP contribution in [0.2, 0.25) is 0 Å². The highest BCUT2D eigenvalue weighted by atomic mass is 79.9. The molecule has 1 amide bonds. The number of aliphatic carboxylic acids is 1. The van der Waals surface area contributed by atoms with Crippen molar-refractivity contribution in [2.75, 3.05) is 5.75 Å². The molecule has 8 heteroatoms. The van der Waals surface area contributed by atoms with Crippen LogP contribution in [0.3, 0.4) is 0 Å². The van der Waals surface area contributed by atoms with Gasteiger partial charge in [-0.1, -0.05) is 0 Å². The molecule has 1 heterocycles. The highest BCUT2D eigenvalue weighted by molar-refractivity contribution is 9.10. The summed E-state index contributed by atoms with van der Waals surface area (Å²) < 4.78 is 11.0. The van der Waals surface area contributed by atoms with E-state index in [1.165, 1.54) is 11.8 Å². The molecule has 1 rings (SSSR count). The third-order valence-corrected chi connectivity index (χ3v) is 3.63. The zero-order valence-electron chi connectivity index (χ0n) is 12.0. The minimum Gasteiger partial charge on any atom is -0.480 e. The van der Waals surface area contributed by atoms with Crippen LogP contribution >= 0.6 is 27.7 Å². The number of carboxylic acids is 1. The Bertz CT molecular complexity index is 497. The normalized spacial score (nSPS) is 12.8. The Hall–Kier alpha value is -1.15. The van der Waals surface area contributed by atoms with E-state index in [0.29, 0.717) is 10.4 Å². The van der Waals surface area contributed by atoms with Crippen molar-refractivity contribution in [2.24, 2.45) is 0 Å². The van der Waals surface area contributed by atoms with Crippen LogP contribution in [0.1, 0.15) is 26.5 Å². The standard InChI is InChI=1S/C13H18BrNO5S/c1-13(2,3)20-12(18)15-9(11(16)17)7-21-6-8-4-5-10(14)19-8/h4-5,9H,6-7H2,1-3H3,(H,15,18)(H,16,17). The topological polar surface area (TPSA) is 88.8 Å². The average Bonchev–Trinajstić information content (AvgIpc) is 2.71. The molecule has 21 heavy (non-hydrogen) atoms. The van der Waals surface area contributed by atoms with Crippen molar-refractivity contribution in [3.05, 3.63) is 22.6 Å². The molecule has 0 aliphatic rings. The number of amides is 1. The predicted octanol–water partition coefficient (Wildman–Crippen LogP) is 3.25. The maximum absolute atomic E-state index is 11.6. The van der Waals surface area contributed by atoms with E-state index < -0.39 is 23.7 Å². The predicted molar refractivity (Wildman–Crippen MR) is 83.4 cm³/mol. The summed E-state index contributed by atoms with van der Waals surface area (Å²) in [4.78, 5) is 22.7. The first-order valence-electron chi connectivity index (χ1n) is 6.21. The molecular formula is C13H18BrNO5S. The fourth-order valence-electron chi connectivity index (χ4n) is 1.33. The zero-order chi connectivity index (χ0) is 16.0. The van der Waals surface area contributed by atoms with Crippen molar-refractivity contribution in [1.82, 2.24) is 5.32 Å². The number of alkyl carbamates (subject to hydrolysis) is 1. The lowest BCUT2D eigenvalue weighted by Crippen LogP contribution is -2.44. The van der Waals surface area contributed by atoms with Crippen molar-refractivity contribution < 1.29 is 23.8 Å². The second-order valence-corrected chi connectivity index (χ2v) is 7.07. The van der Waals surface area contributed by atoms with Crippen molar-refractivity contribution in [1.29, 1.82) is 0 Å². The van der Waals surface area contributed by atoms with Gasteiger partial charge in [-0.25, -0.2) is 9.59 Å². The summed E-state index contributed by atoms with van der Waals surface area (Å²) in [7, 11) is 0. The van der Waals surface area contributed by atoms with E-state index in [2.05, 4.69) is 21.2 Å². The van der Waals surface area contributed by atoms with Crippen LogP contribution in [0.25, 0.3) is 0 Å². The van der Waals surface area contributed by atoms with Gasteiger partial charge in [0.05, 0.1) is 5.75 Å². The van der Waals surface area contributed by atoms with E-state index in [-0.39, 0.29) is 5.75 Å². The molecule has 0 saturated carbocycles. The van der Waals surface area contributed by atoms with Crippen molar-refractivity contribution in [3.8, 4) is 0 Å². The molecule has 0 fully saturated rings. The fraction of sp³-hybridized carbons (Fsp3) is 0.538. The summed E-state index contributed by atoms with van der Waals surface area (Å²) >= 11 is 4.54. The lowest BCUT2D eigenvalue weighted by molar-refractivity contribution is -0.138. The largest absolute Gasteiger partial charge is 0.480 e. The second-order valence-electron chi connectivity index (χ2n) is 5.26. The van der Waals surface area contributed by atoms with Gasteiger partial charge in [0.15, 0.2) is 4.67 Å². The van der Waals surface area contributed by atoms with Crippen molar-refractivity contribution in [3.63, 3.8) is 0 Å². The van der Waals surface area contributed by atoms with Crippen LogP contribution < -0.4 is 5.32 Å². The summed E-state index contributed by atoms with van der Waals surface area (Å²) in [6.07, 6.45) is -0.740. The Kier molecular flexibility index (Phi) is 6.60. The number of carbonyl (C=O) groups excluding carboxylic acids is 1. The van der Waals surface area contributed by atoms with Crippen LogP contribution in [0.15, 0.2) is 21.2 Å². The third kappa shape index (κ3) is 7.42. The molecule has 1 aromatic rings. The van der Waals surface area contributed by atoms with Gasteiger partial charge in [-0.2, -0.15) is 11.8 Å². The number of rotatable bonds is 6. The molecule has 0 spiro atoms. The van der Waals surface area contributed by atoms with Crippen molar-refractivity contribution >= 4 is 39.8 Å². The van der Waals surface area contributed by atoms with Gasteiger partial charge < -0.3 is 19.6 Å². The molecular weight excluding hydrogens is 362 g/mol. The molecule has 0 bridgehead atoms. The zero-order valence-corrected chi connectivity index (χ0v) is 14.4. The number of halogens is 1. The monoisotopic (exact) mass is 379 g/mol. The molecule has 0 aromatic carbocycles. The molecule has 118 valence electrons. The maximum Gasteiger partial charge on any atom is 0.408 e. The van der Waals surface area contributed by atoms with E-state index in [0.717, 1.165) is 5.76 Å². The van der Waals surface area contributed by atoms with Gasteiger partial charge in [-0.05, 0) is 48.8 Å². The number of carboxylic acid groups (broad SMARTS) is 1. The van der Waals surface area contributed by atoms with Gasteiger partial charge in [-0.3, -0.25) is 0 Å². The fourth-order valence-corrected chi connectivity index (χ4v) is 2.61. The van der Waals surface area contributed by atoms with Crippen molar-refractivity contribution in [2.45, 2.75) is 38.2 Å². The number of thioether (sulfide) groups is 1. The highest BCUT2D eigenvalue weighted by Crippen LogP contribution is 2.19. The number of furan rings is 1. The molecule has 6 nitrogen and oxygen atoms in total. The molecule has 0 saturated heterocycles. The van der Waals surface area contributed by atoms with E-state index >= 15 is 0 Å². The molecule has 1 aromatic heterocycles. The summed E-state index contributed by atoms with van der Waals surface area (Å²) in [5.41, 5.74) is -0.666. The van der Waals surface area contributed by atoms with Gasteiger partial charge in [0, 0.05) is 5.75 Å². The van der Waals surface area contributed by atoms with Gasteiger partial charge >= 0.3 is 12.1 Å². The first-order chi connectivity index (χ1) is 9.67. The quantitative estimate of drug-likeness (QED) is 0.788. The van der Waals surface area contributed by atoms with E-state index in [1.54, 1.807) is 32.9 Å². The highest BCUT2D eigenvalue weighted by Gasteiger charge is 2.23. The minimum absolute atomic E-state index is 0.215. The second kappa shape index (κ2) is 7.74. The summed E-state index contributed by atoms with van der Waals surface area (Å²) in [5.74, 6) is 0.361. The number of hydrogen-bond acceptors (Lipinski definition) is 5. The van der Waals surface area contributed by atoms with Crippen LogP contribution in [0, 0.1) is 0 Å². The Morgan fingerprint density at radius 1 is 1.48 bits per heavy atom. The van der Waals surface area contributed by atoms with Crippen LogP contribution in [-0.4, -0.2) is 34.6 Å².